The van der Waals surface area contributed by atoms with Crippen LogP contribution in [-0.4, -0.2) is 97.3 Å². The molecule has 4 aliphatic rings. The predicted octanol–water partition coefficient (Wildman–Crippen LogP) is 2.58. The molecule has 2 unspecified atom stereocenters. The molecule has 0 saturated heterocycles. The zero-order valence-corrected chi connectivity index (χ0v) is 32.8. The number of benzene rings is 2. The highest BCUT2D eigenvalue weighted by molar-refractivity contribution is 7.86. The van der Waals surface area contributed by atoms with Gasteiger partial charge in [0.15, 0.2) is 17.0 Å². The highest BCUT2D eigenvalue weighted by Crippen LogP contribution is 2.49. The number of fused-ring (bicyclic) bond motifs is 4. The molecular weight excluding hydrogens is 739 g/mol. The molecule has 0 radical (unpaired) electrons. The van der Waals surface area contributed by atoms with Gasteiger partial charge in [-0.15, -0.1) is 0 Å². The lowest BCUT2D eigenvalue weighted by molar-refractivity contribution is -0.137. The van der Waals surface area contributed by atoms with Crippen molar-refractivity contribution in [3.05, 3.63) is 58.3 Å². The van der Waals surface area contributed by atoms with E-state index in [0.29, 0.717) is 59.4 Å². The molecule has 0 aliphatic carbocycles. The van der Waals surface area contributed by atoms with Crippen molar-refractivity contribution in [1.82, 2.24) is 14.8 Å². The molecule has 0 aromatic heterocycles. The Morgan fingerprint density at radius 1 is 0.944 bits per heavy atom. The van der Waals surface area contributed by atoms with Crippen molar-refractivity contribution in [2.75, 3.05) is 42.6 Å². The lowest BCUT2D eigenvalue weighted by Crippen LogP contribution is -2.54. The maximum Gasteiger partial charge on any atom is 0.265 e. The molecule has 3 amide bonds. The van der Waals surface area contributed by atoms with Crippen molar-refractivity contribution >= 4 is 49.3 Å². The zero-order chi connectivity index (χ0) is 39.4. The van der Waals surface area contributed by atoms with E-state index in [1.54, 1.807) is 0 Å². The summed E-state index contributed by atoms with van der Waals surface area (Å²) in [5, 5.41) is 3.98. The van der Waals surface area contributed by atoms with Gasteiger partial charge < -0.3 is 15.0 Å². The van der Waals surface area contributed by atoms with Gasteiger partial charge in [0.25, 0.3) is 32.1 Å². The second-order valence-corrected chi connectivity index (χ2v) is 19.0. The van der Waals surface area contributed by atoms with E-state index in [9.17, 15) is 40.3 Å². The molecule has 6 rings (SSSR count). The molecule has 15 nitrogen and oxygen atoms in total. The summed E-state index contributed by atoms with van der Waals surface area (Å²) in [5.74, 6) is -1.31. The van der Waals surface area contributed by atoms with Crippen molar-refractivity contribution in [3.63, 3.8) is 0 Å². The minimum absolute atomic E-state index is 0.0725. The Morgan fingerprint density at radius 3 is 2.31 bits per heavy atom. The van der Waals surface area contributed by atoms with E-state index in [4.69, 9.17) is 9.73 Å². The molecule has 0 spiro atoms. The number of anilines is 1. The van der Waals surface area contributed by atoms with Gasteiger partial charge in [0.1, 0.15) is 17.6 Å². The number of amides is 3. The lowest BCUT2D eigenvalue weighted by atomic mass is 9.79. The van der Waals surface area contributed by atoms with Gasteiger partial charge in [-0.1, -0.05) is 6.92 Å². The topological polar surface area (TPSA) is 203 Å². The highest BCUT2D eigenvalue weighted by atomic mass is 32.2. The first-order valence-corrected chi connectivity index (χ1v) is 21.3. The van der Waals surface area contributed by atoms with E-state index < -0.39 is 49.3 Å². The normalized spacial score (nSPS) is 21.1. The van der Waals surface area contributed by atoms with Crippen LogP contribution in [0.3, 0.4) is 0 Å². The number of nitrogens with one attached hydrogen (secondary N) is 1. The summed E-state index contributed by atoms with van der Waals surface area (Å²) in [5.41, 5.74) is 2.34. The lowest BCUT2D eigenvalue weighted by Gasteiger charge is -2.48. The van der Waals surface area contributed by atoms with E-state index in [1.807, 2.05) is 38.1 Å². The van der Waals surface area contributed by atoms with Gasteiger partial charge in [-0.25, -0.2) is 9.57 Å². The summed E-state index contributed by atoms with van der Waals surface area (Å²) in [4.78, 5) is 44.5. The third kappa shape index (κ3) is 8.53. The minimum atomic E-state index is -4.34. The van der Waals surface area contributed by atoms with Gasteiger partial charge in [0, 0.05) is 79.8 Å². The maximum atomic E-state index is 12.7. The van der Waals surface area contributed by atoms with E-state index in [-0.39, 0.29) is 49.0 Å². The molecular formula is C37H48N5O10S2+. The Balaban J connectivity index is 1.31. The number of rotatable bonds is 13. The van der Waals surface area contributed by atoms with Crippen molar-refractivity contribution in [1.29, 1.82) is 0 Å². The second kappa shape index (κ2) is 14.5. The monoisotopic (exact) mass is 786 g/mol. The largest absolute Gasteiger partial charge is 0.452 e. The molecule has 2 aromatic carbocycles. The summed E-state index contributed by atoms with van der Waals surface area (Å²) in [6.45, 7) is 11.3. The van der Waals surface area contributed by atoms with Gasteiger partial charge >= 0.3 is 0 Å². The molecule has 292 valence electrons. The number of hydrogen-bond acceptors (Lipinski definition) is 10. The van der Waals surface area contributed by atoms with Gasteiger partial charge in [-0.3, -0.25) is 28.4 Å². The third-order valence-electron chi connectivity index (χ3n) is 10.8. The summed E-state index contributed by atoms with van der Waals surface area (Å²) in [6.07, 6.45) is 4.45. The average molecular weight is 787 g/mol. The van der Waals surface area contributed by atoms with Gasteiger partial charge in [0.05, 0.1) is 17.6 Å². The number of carbonyl (C=O) groups is 3. The van der Waals surface area contributed by atoms with Crippen LogP contribution in [0.25, 0.3) is 0 Å². The number of carbonyl (C=O) groups excluding carboxylic acids is 3. The van der Waals surface area contributed by atoms with Crippen LogP contribution in [0.15, 0.2) is 41.4 Å². The molecule has 0 bridgehead atoms. The number of nitrogens with zero attached hydrogens (tertiary/aromatic N) is 4. The molecule has 3 N–H and O–H groups in total. The van der Waals surface area contributed by atoms with Crippen LogP contribution < -0.4 is 30.2 Å². The maximum absolute atomic E-state index is 12.7. The highest BCUT2D eigenvalue weighted by Gasteiger charge is 2.43. The average Bonchev–Trinajstić information content (AvgIpc) is 3.36. The summed E-state index contributed by atoms with van der Waals surface area (Å²) < 4.78 is 75.4. The zero-order valence-electron chi connectivity index (χ0n) is 31.2. The van der Waals surface area contributed by atoms with Crippen molar-refractivity contribution in [3.8, 4) is 11.5 Å². The fourth-order valence-electron chi connectivity index (χ4n) is 8.47. The smallest absolute Gasteiger partial charge is 0.265 e. The Morgan fingerprint density at radius 2 is 1.65 bits per heavy atom. The van der Waals surface area contributed by atoms with Crippen LogP contribution in [0.1, 0.15) is 89.7 Å². The second-order valence-electron chi connectivity index (χ2n) is 15.9. The first kappa shape index (κ1) is 39.5. The van der Waals surface area contributed by atoms with E-state index >= 15 is 0 Å². The quantitative estimate of drug-likeness (QED) is 0.131. The van der Waals surface area contributed by atoms with Crippen LogP contribution in [0.4, 0.5) is 11.4 Å². The Labute approximate surface area is 315 Å². The molecule has 54 heavy (non-hydrogen) atoms. The fraction of sp³-hybridized carbons (Fsp3) is 0.541. The van der Waals surface area contributed by atoms with E-state index in [2.05, 4.69) is 35.6 Å². The van der Waals surface area contributed by atoms with Gasteiger partial charge in [-0.2, -0.15) is 16.8 Å². The van der Waals surface area contributed by atoms with E-state index in [1.165, 1.54) is 12.2 Å². The van der Waals surface area contributed by atoms with Crippen molar-refractivity contribution in [2.24, 2.45) is 4.99 Å². The molecule has 0 fully saturated rings. The SMILES string of the molecule is CC1CC(C)(C)N(CCCS(=O)(=O)O)c2cc3c(cc21)N=c1cc2c(cc1O3)=[N+](CCCC(=O)NCCN1C(=O)C=CC1=O)C(C)(C)CC2CS(=O)(=O)O. The summed E-state index contributed by atoms with van der Waals surface area (Å²) >= 11 is 0. The van der Waals surface area contributed by atoms with Gasteiger partial charge in [0.2, 0.25) is 11.3 Å². The Hall–Kier alpha value is -4.19. The Kier molecular flexibility index (Phi) is 10.6. The van der Waals surface area contributed by atoms with E-state index in [0.717, 1.165) is 22.6 Å². The molecule has 4 heterocycles. The number of ether oxygens (including phenoxy) is 1. The number of hydrogen-bond donors (Lipinski definition) is 3. The molecule has 4 aliphatic heterocycles. The van der Waals surface area contributed by atoms with Crippen LogP contribution in [0, 0.1) is 0 Å². The first-order valence-electron chi connectivity index (χ1n) is 18.1. The fourth-order valence-corrected chi connectivity index (χ4v) is 9.77. The van der Waals surface area contributed by atoms with Crippen molar-refractivity contribution < 1.29 is 45.1 Å². The summed E-state index contributed by atoms with van der Waals surface area (Å²) in [7, 11) is -8.45. The molecule has 0 saturated carbocycles. The van der Waals surface area contributed by atoms with Crippen LogP contribution in [0.2, 0.25) is 0 Å². The van der Waals surface area contributed by atoms with Crippen LogP contribution in [-0.2, 0) is 34.6 Å². The van der Waals surface area contributed by atoms with Crippen molar-refractivity contribution in [2.45, 2.75) is 89.6 Å². The molecule has 2 atom stereocenters. The minimum Gasteiger partial charge on any atom is -0.452 e. The van der Waals surface area contributed by atoms with Crippen LogP contribution >= 0.6 is 0 Å². The Bertz CT molecular complexity index is 2270. The van der Waals surface area contributed by atoms with Gasteiger partial charge in [-0.05, 0) is 64.2 Å². The standard InChI is InChI=1S/C37H47N5O10S2/c1-23-20-36(2,3)42(13-7-15-53(46,47)48)29-18-31-27(16-25(23)29)39-28-17-26-24(22-54(49,50)51)21-37(4,5)41(30(26)19-32(28)52-31)12-6-8-33(43)38-11-14-40-34(44)9-10-35(40)45/h9-10,16-19,23-24H,6-8,11-15,20-22H2,1-5H3,(H2-,38,43,46,47,48,49,50,51)/p+1. The molecule has 17 heteroatoms. The summed E-state index contributed by atoms with van der Waals surface area (Å²) in [6, 6.07) is 7.57. The van der Waals surface area contributed by atoms with Crippen LogP contribution in [0.5, 0.6) is 11.5 Å². The number of imide groups is 1. The molecule has 2 aromatic rings. The predicted molar refractivity (Wildman–Crippen MR) is 201 cm³/mol. The first-order chi connectivity index (χ1) is 25.1. The third-order valence-corrected chi connectivity index (χ3v) is 12.4.